The Balaban J connectivity index is 2.10. The van der Waals surface area contributed by atoms with E-state index >= 15 is 0 Å². The summed E-state index contributed by atoms with van der Waals surface area (Å²) in [6.45, 7) is 0. The van der Waals surface area contributed by atoms with E-state index in [1.54, 1.807) is 42.5 Å². The summed E-state index contributed by atoms with van der Waals surface area (Å²) in [5.41, 5.74) is 0.860. The third-order valence-electron chi connectivity index (χ3n) is 2.14. The Hall–Kier alpha value is -1.58. The lowest BCUT2D eigenvalue weighted by atomic mass is 10.2. The van der Waals surface area contributed by atoms with Crippen molar-refractivity contribution in [1.29, 1.82) is 0 Å². The normalized spacial score (nSPS) is 10.9. The maximum absolute atomic E-state index is 11.7. The molecule has 0 radical (unpaired) electrons. The molecule has 0 atom stereocenters. The molecule has 17 heavy (non-hydrogen) atoms. The summed E-state index contributed by atoms with van der Waals surface area (Å²) in [6.07, 6.45) is 3.20. The number of thiophene rings is 1. The Kier molecular flexibility index (Phi) is 3.61. The van der Waals surface area contributed by atoms with Crippen molar-refractivity contribution in [2.75, 3.05) is 0 Å². The van der Waals surface area contributed by atoms with Crippen LogP contribution < -0.4 is 0 Å². The molecule has 1 aromatic carbocycles. The third kappa shape index (κ3) is 3.19. The van der Waals surface area contributed by atoms with Gasteiger partial charge in [0.05, 0.1) is 9.21 Å². The number of carbonyl (C=O) groups excluding carboxylic acids is 1. The maximum Gasteiger partial charge on any atom is 0.195 e. The van der Waals surface area contributed by atoms with Crippen molar-refractivity contribution in [2.24, 2.45) is 0 Å². The molecule has 0 aliphatic carbocycles. The van der Waals surface area contributed by atoms with Gasteiger partial charge in [-0.15, -0.1) is 11.3 Å². The standard InChI is InChI=1S/C13H9ClO2S/c14-13-8-7-12(17-13)11(16)6-3-9-1-4-10(15)5-2-9/h1-8,15H/b6-3+. The van der Waals surface area contributed by atoms with Crippen LogP contribution in [0, 0.1) is 0 Å². The zero-order chi connectivity index (χ0) is 12.3. The Morgan fingerprint density at radius 3 is 2.47 bits per heavy atom. The average molecular weight is 265 g/mol. The summed E-state index contributed by atoms with van der Waals surface area (Å²) in [4.78, 5) is 12.3. The lowest BCUT2D eigenvalue weighted by Gasteiger charge is -1.93. The van der Waals surface area contributed by atoms with Crippen molar-refractivity contribution >= 4 is 34.8 Å². The van der Waals surface area contributed by atoms with Crippen LogP contribution in [0.15, 0.2) is 42.5 Å². The minimum Gasteiger partial charge on any atom is -0.508 e. The van der Waals surface area contributed by atoms with Gasteiger partial charge in [-0.2, -0.15) is 0 Å². The second-order valence-corrected chi connectivity index (χ2v) is 5.11. The number of phenolic OH excluding ortho intramolecular Hbond substituents is 1. The first-order chi connectivity index (χ1) is 8.15. The first-order valence-electron chi connectivity index (χ1n) is 4.92. The fourth-order valence-corrected chi connectivity index (χ4v) is 2.25. The van der Waals surface area contributed by atoms with Gasteiger partial charge in [0.25, 0.3) is 0 Å². The number of benzene rings is 1. The highest BCUT2D eigenvalue weighted by atomic mass is 35.5. The summed E-state index contributed by atoms with van der Waals surface area (Å²) in [5, 5.41) is 9.11. The molecule has 86 valence electrons. The lowest BCUT2D eigenvalue weighted by Crippen LogP contribution is -1.88. The van der Waals surface area contributed by atoms with Crippen molar-refractivity contribution in [1.82, 2.24) is 0 Å². The van der Waals surface area contributed by atoms with Gasteiger partial charge >= 0.3 is 0 Å². The van der Waals surface area contributed by atoms with E-state index in [1.807, 2.05) is 0 Å². The van der Waals surface area contributed by atoms with Crippen LogP contribution in [0.1, 0.15) is 15.2 Å². The first-order valence-corrected chi connectivity index (χ1v) is 6.11. The zero-order valence-electron chi connectivity index (χ0n) is 8.76. The van der Waals surface area contributed by atoms with Crippen LogP contribution in [0.3, 0.4) is 0 Å². The quantitative estimate of drug-likeness (QED) is 0.672. The molecule has 2 aromatic rings. The third-order valence-corrected chi connectivity index (χ3v) is 3.38. The van der Waals surface area contributed by atoms with Crippen molar-refractivity contribution in [3.63, 3.8) is 0 Å². The molecular weight excluding hydrogens is 256 g/mol. The second kappa shape index (κ2) is 5.17. The van der Waals surface area contributed by atoms with Crippen LogP contribution in [0.5, 0.6) is 5.75 Å². The molecule has 1 N–H and O–H groups in total. The Bertz CT molecular complexity index is 555. The number of rotatable bonds is 3. The monoisotopic (exact) mass is 264 g/mol. The van der Waals surface area contributed by atoms with E-state index in [4.69, 9.17) is 16.7 Å². The molecule has 0 fully saturated rings. The van der Waals surface area contributed by atoms with Crippen molar-refractivity contribution in [3.8, 4) is 5.75 Å². The zero-order valence-corrected chi connectivity index (χ0v) is 10.3. The SMILES string of the molecule is O=C(/C=C/c1ccc(O)cc1)c1ccc(Cl)s1. The molecule has 1 aromatic heterocycles. The first kappa shape index (κ1) is 11.9. The van der Waals surface area contributed by atoms with E-state index in [0.717, 1.165) is 5.56 Å². The molecule has 2 rings (SSSR count). The van der Waals surface area contributed by atoms with Crippen LogP contribution in [0.25, 0.3) is 6.08 Å². The van der Waals surface area contributed by atoms with Gasteiger partial charge < -0.3 is 5.11 Å². The van der Waals surface area contributed by atoms with Gasteiger partial charge in [0.15, 0.2) is 5.78 Å². The average Bonchev–Trinajstić information content (AvgIpc) is 2.75. The van der Waals surface area contributed by atoms with E-state index < -0.39 is 0 Å². The van der Waals surface area contributed by atoms with Crippen molar-refractivity contribution in [3.05, 3.63) is 57.3 Å². The number of carbonyl (C=O) groups is 1. The Labute approximate surface area is 108 Å². The molecule has 0 aliphatic heterocycles. The number of phenols is 1. The highest BCUT2D eigenvalue weighted by molar-refractivity contribution is 7.18. The smallest absolute Gasteiger partial charge is 0.195 e. The lowest BCUT2D eigenvalue weighted by molar-refractivity contribution is 0.105. The molecule has 0 saturated carbocycles. The summed E-state index contributed by atoms with van der Waals surface area (Å²) in [7, 11) is 0. The van der Waals surface area contributed by atoms with Crippen LogP contribution in [-0.4, -0.2) is 10.9 Å². The van der Waals surface area contributed by atoms with Gasteiger partial charge in [-0.05, 0) is 35.9 Å². The van der Waals surface area contributed by atoms with Gasteiger partial charge in [0.2, 0.25) is 0 Å². The molecule has 0 aliphatic rings. The summed E-state index contributed by atoms with van der Waals surface area (Å²) >= 11 is 7.01. The Morgan fingerprint density at radius 1 is 1.18 bits per heavy atom. The van der Waals surface area contributed by atoms with Crippen LogP contribution in [0.2, 0.25) is 4.34 Å². The molecule has 2 nitrogen and oxygen atoms in total. The highest BCUT2D eigenvalue weighted by Gasteiger charge is 2.04. The summed E-state index contributed by atoms with van der Waals surface area (Å²) < 4.78 is 0.603. The topological polar surface area (TPSA) is 37.3 Å². The van der Waals surface area contributed by atoms with Crippen molar-refractivity contribution < 1.29 is 9.90 Å². The number of hydrogen-bond donors (Lipinski definition) is 1. The van der Waals surface area contributed by atoms with E-state index in [0.29, 0.717) is 9.21 Å². The number of halogens is 1. The van der Waals surface area contributed by atoms with Gasteiger partial charge in [0, 0.05) is 0 Å². The molecule has 0 spiro atoms. The minimum absolute atomic E-state index is 0.0741. The van der Waals surface area contributed by atoms with E-state index in [1.165, 1.54) is 17.4 Å². The van der Waals surface area contributed by atoms with E-state index in [-0.39, 0.29) is 11.5 Å². The summed E-state index contributed by atoms with van der Waals surface area (Å²) in [6, 6.07) is 10.0. The fourth-order valence-electron chi connectivity index (χ4n) is 1.29. The molecule has 0 saturated heterocycles. The van der Waals surface area contributed by atoms with Gasteiger partial charge in [-0.25, -0.2) is 0 Å². The fraction of sp³-hybridized carbons (Fsp3) is 0. The highest BCUT2D eigenvalue weighted by Crippen LogP contribution is 2.22. The number of allylic oxidation sites excluding steroid dienone is 1. The number of aromatic hydroxyl groups is 1. The minimum atomic E-state index is -0.0741. The van der Waals surface area contributed by atoms with E-state index in [2.05, 4.69) is 0 Å². The predicted octanol–water partition coefficient (Wildman–Crippen LogP) is 4.00. The molecule has 1 heterocycles. The summed E-state index contributed by atoms with van der Waals surface area (Å²) in [5.74, 6) is 0.133. The Morgan fingerprint density at radius 2 is 1.88 bits per heavy atom. The number of hydrogen-bond acceptors (Lipinski definition) is 3. The largest absolute Gasteiger partial charge is 0.508 e. The molecular formula is C13H9ClO2S. The van der Waals surface area contributed by atoms with Crippen LogP contribution in [-0.2, 0) is 0 Å². The van der Waals surface area contributed by atoms with Gasteiger partial charge in [-0.3, -0.25) is 4.79 Å². The predicted molar refractivity (Wildman–Crippen MR) is 70.8 cm³/mol. The molecule has 4 heteroatoms. The van der Waals surface area contributed by atoms with E-state index in [9.17, 15) is 4.79 Å². The van der Waals surface area contributed by atoms with Gasteiger partial charge in [-0.1, -0.05) is 29.8 Å². The molecule has 0 bridgehead atoms. The van der Waals surface area contributed by atoms with Crippen molar-refractivity contribution in [2.45, 2.75) is 0 Å². The van der Waals surface area contributed by atoms with Gasteiger partial charge in [0.1, 0.15) is 5.75 Å². The second-order valence-electron chi connectivity index (χ2n) is 3.39. The van der Waals surface area contributed by atoms with Crippen LogP contribution >= 0.6 is 22.9 Å². The maximum atomic E-state index is 11.7. The number of ketones is 1. The molecule has 0 amide bonds. The van der Waals surface area contributed by atoms with Crippen LogP contribution in [0.4, 0.5) is 0 Å². The molecule has 0 unspecified atom stereocenters.